The smallest absolute Gasteiger partial charge is 0.324 e. The normalized spacial score (nSPS) is 19.0. The molecule has 21 heavy (non-hydrogen) atoms. The minimum atomic E-state index is -1.26. The van der Waals surface area contributed by atoms with E-state index in [2.05, 4.69) is 0 Å². The van der Waals surface area contributed by atoms with Crippen LogP contribution in [0.4, 0.5) is 0 Å². The summed E-state index contributed by atoms with van der Waals surface area (Å²) >= 11 is 12.0. The number of ether oxygens (including phenoxy) is 2. The predicted octanol–water partition coefficient (Wildman–Crippen LogP) is 3.59. The summed E-state index contributed by atoms with van der Waals surface area (Å²) in [5.74, 6) is -1.42. The van der Waals surface area contributed by atoms with Gasteiger partial charge in [-0.1, -0.05) is 23.2 Å². The number of carbonyl (C=O) groups excluding carboxylic acids is 2. The Bertz CT molecular complexity index is 533. The molecule has 0 amide bonds. The highest BCUT2D eigenvalue weighted by molar-refractivity contribution is 6.34. The molecule has 1 fully saturated rings. The van der Waals surface area contributed by atoms with Crippen molar-refractivity contribution in [3.8, 4) is 0 Å². The molecule has 1 atom stereocenters. The van der Waals surface area contributed by atoms with E-state index in [9.17, 15) is 9.59 Å². The zero-order valence-corrected chi connectivity index (χ0v) is 13.3. The maximum atomic E-state index is 12.2. The quantitative estimate of drug-likeness (QED) is 0.611. The molecule has 1 aliphatic carbocycles. The first-order valence-corrected chi connectivity index (χ1v) is 7.51. The minimum Gasteiger partial charge on any atom is -0.465 e. The molecule has 0 heterocycles. The van der Waals surface area contributed by atoms with Crippen LogP contribution < -0.4 is 0 Å². The van der Waals surface area contributed by atoms with Gasteiger partial charge >= 0.3 is 11.9 Å². The molecule has 0 N–H and O–H groups in total. The van der Waals surface area contributed by atoms with E-state index in [1.165, 1.54) is 0 Å². The first-order chi connectivity index (χ1) is 9.95. The van der Waals surface area contributed by atoms with Crippen molar-refractivity contribution in [3.63, 3.8) is 0 Å². The maximum absolute atomic E-state index is 12.2. The third-order valence-electron chi connectivity index (χ3n) is 3.53. The third kappa shape index (κ3) is 3.01. The molecule has 4 nitrogen and oxygen atoms in total. The minimum absolute atomic E-state index is 0.211. The van der Waals surface area contributed by atoms with Gasteiger partial charge < -0.3 is 9.47 Å². The van der Waals surface area contributed by atoms with Crippen molar-refractivity contribution in [3.05, 3.63) is 33.8 Å². The predicted molar refractivity (Wildman–Crippen MR) is 79.5 cm³/mol. The highest BCUT2D eigenvalue weighted by atomic mass is 35.5. The van der Waals surface area contributed by atoms with Crippen LogP contribution in [0.15, 0.2) is 18.2 Å². The topological polar surface area (TPSA) is 52.6 Å². The first kappa shape index (κ1) is 16.1. The van der Waals surface area contributed by atoms with Gasteiger partial charge in [-0.3, -0.25) is 9.59 Å². The van der Waals surface area contributed by atoms with E-state index < -0.39 is 17.4 Å². The van der Waals surface area contributed by atoms with Gasteiger partial charge in [0.15, 0.2) is 5.41 Å². The molecule has 0 radical (unpaired) electrons. The Morgan fingerprint density at radius 3 is 2.00 bits per heavy atom. The molecule has 2 rings (SSSR count). The molecule has 1 saturated carbocycles. The van der Waals surface area contributed by atoms with Crippen LogP contribution in [0.2, 0.25) is 10.0 Å². The largest absolute Gasteiger partial charge is 0.465 e. The maximum Gasteiger partial charge on any atom is 0.324 e. The number of benzene rings is 1. The number of halogens is 2. The van der Waals surface area contributed by atoms with Crippen LogP contribution in [-0.2, 0) is 19.1 Å². The summed E-state index contributed by atoms with van der Waals surface area (Å²) in [6, 6.07) is 5.02. The van der Waals surface area contributed by atoms with Crippen LogP contribution in [0.3, 0.4) is 0 Å². The third-order valence-corrected chi connectivity index (χ3v) is 3.96. The van der Waals surface area contributed by atoms with E-state index in [-0.39, 0.29) is 19.1 Å². The molecular weight excluding hydrogens is 315 g/mol. The van der Waals surface area contributed by atoms with Crippen molar-refractivity contribution in [2.24, 2.45) is 5.41 Å². The second-order valence-electron chi connectivity index (χ2n) is 4.87. The van der Waals surface area contributed by atoms with Crippen molar-refractivity contribution in [1.82, 2.24) is 0 Å². The van der Waals surface area contributed by atoms with Crippen LogP contribution in [0, 0.1) is 5.41 Å². The lowest BCUT2D eigenvalue weighted by Crippen LogP contribution is -2.31. The van der Waals surface area contributed by atoms with Crippen molar-refractivity contribution in [2.45, 2.75) is 26.2 Å². The molecule has 0 aliphatic heterocycles. The molecule has 114 valence electrons. The molecule has 1 aromatic rings. The summed E-state index contributed by atoms with van der Waals surface area (Å²) < 4.78 is 10.1. The molecule has 1 aliphatic rings. The zero-order chi connectivity index (χ0) is 15.6. The van der Waals surface area contributed by atoms with Crippen molar-refractivity contribution in [1.29, 1.82) is 0 Å². The van der Waals surface area contributed by atoms with Crippen molar-refractivity contribution < 1.29 is 19.1 Å². The van der Waals surface area contributed by atoms with Crippen LogP contribution in [-0.4, -0.2) is 25.2 Å². The van der Waals surface area contributed by atoms with Crippen LogP contribution in [0.25, 0.3) is 0 Å². The van der Waals surface area contributed by atoms with Gasteiger partial charge in [-0.2, -0.15) is 0 Å². The standard InChI is InChI=1S/C15H16Cl2O4/c1-3-20-13(18)15(14(19)21-4-2)8-12(15)9-5-10(16)7-11(17)6-9/h5-7,12H,3-4,8H2,1-2H3. The fourth-order valence-electron chi connectivity index (χ4n) is 2.50. The molecule has 0 aromatic heterocycles. The van der Waals surface area contributed by atoms with E-state index in [1.807, 2.05) is 0 Å². The Balaban J connectivity index is 2.33. The number of esters is 2. The van der Waals surface area contributed by atoms with Gasteiger partial charge in [0.25, 0.3) is 0 Å². The van der Waals surface area contributed by atoms with E-state index in [0.717, 1.165) is 5.56 Å². The fourth-order valence-corrected chi connectivity index (χ4v) is 3.04. The average molecular weight is 331 g/mol. The van der Waals surface area contributed by atoms with Gasteiger partial charge in [0, 0.05) is 16.0 Å². The van der Waals surface area contributed by atoms with Gasteiger partial charge in [-0.25, -0.2) is 0 Å². The molecule has 1 aromatic carbocycles. The average Bonchev–Trinajstić information content (AvgIpc) is 3.15. The van der Waals surface area contributed by atoms with E-state index in [4.69, 9.17) is 32.7 Å². The Kier molecular flexibility index (Phi) is 4.79. The Hall–Kier alpha value is -1.26. The molecule has 0 bridgehead atoms. The summed E-state index contributed by atoms with van der Waals surface area (Å²) in [5, 5.41) is 0.928. The Labute approximate surface area is 133 Å². The van der Waals surface area contributed by atoms with Gasteiger partial charge in [-0.05, 0) is 44.0 Å². The summed E-state index contributed by atoms with van der Waals surface area (Å²) in [6.07, 6.45) is 0.349. The SMILES string of the molecule is CCOC(=O)C1(C(=O)OCC)CC1c1cc(Cl)cc(Cl)c1. The number of carbonyl (C=O) groups is 2. The van der Waals surface area contributed by atoms with Crippen molar-refractivity contribution in [2.75, 3.05) is 13.2 Å². The summed E-state index contributed by atoms with van der Waals surface area (Å²) in [7, 11) is 0. The number of hydrogen-bond donors (Lipinski definition) is 0. The second-order valence-corrected chi connectivity index (χ2v) is 5.74. The fraction of sp³-hybridized carbons (Fsp3) is 0.467. The number of rotatable bonds is 5. The highest BCUT2D eigenvalue weighted by Crippen LogP contribution is 2.61. The molecule has 1 unspecified atom stereocenters. The van der Waals surface area contributed by atoms with Crippen LogP contribution in [0.1, 0.15) is 31.7 Å². The lowest BCUT2D eigenvalue weighted by molar-refractivity contribution is -0.164. The lowest BCUT2D eigenvalue weighted by Gasteiger charge is -2.15. The van der Waals surface area contributed by atoms with E-state index in [1.54, 1.807) is 32.0 Å². The van der Waals surface area contributed by atoms with E-state index >= 15 is 0 Å². The van der Waals surface area contributed by atoms with Crippen LogP contribution in [0.5, 0.6) is 0 Å². The summed E-state index contributed by atoms with van der Waals surface area (Å²) in [5.41, 5.74) is -0.520. The highest BCUT2D eigenvalue weighted by Gasteiger charge is 2.68. The first-order valence-electron chi connectivity index (χ1n) is 6.76. The van der Waals surface area contributed by atoms with E-state index in [0.29, 0.717) is 16.5 Å². The molecule has 0 saturated heterocycles. The van der Waals surface area contributed by atoms with Gasteiger partial charge in [0.05, 0.1) is 13.2 Å². The summed E-state index contributed by atoms with van der Waals surface area (Å²) in [6.45, 7) is 3.82. The van der Waals surface area contributed by atoms with Crippen LogP contribution >= 0.6 is 23.2 Å². The van der Waals surface area contributed by atoms with Gasteiger partial charge in [-0.15, -0.1) is 0 Å². The summed E-state index contributed by atoms with van der Waals surface area (Å²) in [4.78, 5) is 24.4. The lowest BCUT2D eigenvalue weighted by atomic mass is 9.99. The Morgan fingerprint density at radius 2 is 1.57 bits per heavy atom. The van der Waals surface area contributed by atoms with Gasteiger partial charge in [0.1, 0.15) is 0 Å². The zero-order valence-electron chi connectivity index (χ0n) is 11.8. The monoisotopic (exact) mass is 330 g/mol. The molecule has 0 spiro atoms. The number of hydrogen-bond acceptors (Lipinski definition) is 4. The second kappa shape index (κ2) is 6.24. The van der Waals surface area contributed by atoms with Crippen molar-refractivity contribution >= 4 is 35.1 Å². The van der Waals surface area contributed by atoms with Gasteiger partial charge in [0.2, 0.25) is 0 Å². The Morgan fingerprint density at radius 1 is 1.10 bits per heavy atom. The molecular formula is C15H16Cl2O4. The molecule has 6 heteroatoms.